The number of rotatable bonds is 4. The van der Waals surface area contributed by atoms with E-state index in [-0.39, 0.29) is 29.0 Å². The van der Waals surface area contributed by atoms with Gasteiger partial charge in [-0.05, 0) is 6.92 Å². The maximum atomic E-state index is 12.4. The van der Waals surface area contributed by atoms with Crippen LogP contribution in [0.15, 0.2) is 16.1 Å². The van der Waals surface area contributed by atoms with Gasteiger partial charge >= 0.3 is 0 Å². The second kappa shape index (κ2) is 5.10. The van der Waals surface area contributed by atoms with Crippen molar-refractivity contribution in [3.63, 3.8) is 0 Å². The third kappa shape index (κ3) is 2.02. The summed E-state index contributed by atoms with van der Waals surface area (Å²) in [6.45, 7) is 1.85. The number of aromatic amines is 1. The zero-order valence-electron chi connectivity index (χ0n) is 15.1. The first-order chi connectivity index (χ1) is 12.7. The molecule has 5 atom stereocenters. The molecule has 2 aromatic heterocycles. The molecule has 3 fully saturated rings. The fourth-order valence-electron chi connectivity index (χ4n) is 4.59. The summed E-state index contributed by atoms with van der Waals surface area (Å²) in [7, 11) is 3.64. The predicted molar refractivity (Wildman–Crippen MR) is 99.2 cm³/mol. The van der Waals surface area contributed by atoms with Gasteiger partial charge in [0.2, 0.25) is 5.95 Å². The lowest BCUT2D eigenvalue weighted by atomic mass is 9.59. The average Bonchev–Trinajstić information content (AvgIpc) is 3.06. The Labute approximate surface area is 159 Å². The van der Waals surface area contributed by atoms with E-state index in [2.05, 4.69) is 32.6 Å². The molecule has 2 aliphatic heterocycles. The number of aliphatic imine (C=N–C) groups is 1. The Hall–Kier alpha value is -1.95. The van der Waals surface area contributed by atoms with Crippen LogP contribution in [0.2, 0.25) is 0 Å². The fourth-order valence-corrected chi connectivity index (χ4v) is 4.96. The average molecular weight is 392 g/mol. The zero-order valence-corrected chi connectivity index (χ0v) is 16.0. The minimum absolute atomic E-state index is 0.168. The highest BCUT2D eigenvalue weighted by Crippen LogP contribution is 2.70. The van der Waals surface area contributed by atoms with Gasteiger partial charge in [0.05, 0.1) is 24.2 Å². The summed E-state index contributed by atoms with van der Waals surface area (Å²) in [5.74, 6) is -0.678. The van der Waals surface area contributed by atoms with E-state index in [1.165, 1.54) is 6.33 Å². The number of nitrogens with one attached hydrogen (secondary N) is 1. The summed E-state index contributed by atoms with van der Waals surface area (Å²) in [4.78, 5) is 29.6. The van der Waals surface area contributed by atoms with E-state index in [1.54, 1.807) is 15.8 Å². The van der Waals surface area contributed by atoms with Gasteiger partial charge in [-0.2, -0.15) is 17.6 Å². The summed E-state index contributed by atoms with van der Waals surface area (Å²) >= 11 is 4.43. The third-order valence-corrected chi connectivity index (χ3v) is 6.26. The van der Waals surface area contributed by atoms with Gasteiger partial charge in [-0.1, -0.05) is 0 Å². The maximum Gasteiger partial charge on any atom is 0.280 e. The van der Waals surface area contributed by atoms with Crippen LogP contribution in [-0.4, -0.2) is 73.2 Å². The van der Waals surface area contributed by atoms with Gasteiger partial charge in [-0.25, -0.2) is 9.98 Å². The normalized spacial score (nSPS) is 39.4. The third-order valence-electron chi connectivity index (χ3n) is 5.73. The second-order valence-electron chi connectivity index (χ2n) is 7.80. The van der Waals surface area contributed by atoms with E-state index >= 15 is 0 Å². The lowest BCUT2D eigenvalue weighted by Crippen LogP contribution is -2.77. The molecule has 1 saturated carbocycles. The van der Waals surface area contributed by atoms with Gasteiger partial charge in [-0.15, -0.1) is 0 Å². The highest BCUT2D eigenvalue weighted by molar-refractivity contribution is 7.80. The topological polar surface area (TPSA) is 118 Å². The lowest BCUT2D eigenvalue weighted by Gasteiger charge is -2.62. The van der Waals surface area contributed by atoms with Crippen LogP contribution in [0, 0.1) is 5.92 Å². The monoisotopic (exact) mass is 392 g/mol. The Balaban J connectivity index is 1.63. The molecule has 2 N–H and O–H groups in total. The molecule has 0 spiro atoms. The first-order valence-electron chi connectivity index (χ1n) is 8.62. The Morgan fingerprint density at radius 3 is 3.00 bits per heavy atom. The van der Waals surface area contributed by atoms with Crippen LogP contribution < -0.4 is 5.56 Å². The number of nitrogens with zero attached hydrogens (tertiary/aromatic N) is 5. The van der Waals surface area contributed by atoms with Crippen LogP contribution >= 0.6 is 12.6 Å². The molecule has 27 heavy (non-hydrogen) atoms. The molecule has 2 saturated heterocycles. The Kier molecular flexibility index (Phi) is 3.24. The molecule has 4 unspecified atom stereocenters. The molecule has 0 radical (unpaired) electrons. The van der Waals surface area contributed by atoms with E-state index < -0.39 is 17.1 Å². The molecule has 11 heteroatoms. The van der Waals surface area contributed by atoms with Crippen molar-refractivity contribution in [1.82, 2.24) is 24.4 Å². The summed E-state index contributed by atoms with van der Waals surface area (Å²) in [6, 6.07) is 0. The van der Waals surface area contributed by atoms with Gasteiger partial charge in [0, 0.05) is 26.3 Å². The summed E-state index contributed by atoms with van der Waals surface area (Å²) in [6.07, 6.45) is 3.06. The Bertz CT molecular complexity index is 1040. The molecular formula is C16H20N6O4S. The Morgan fingerprint density at radius 2 is 2.37 bits per heavy atom. The molecule has 5 rings (SSSR count). The van der Waals surface area contributed by atoms with Gasteiger partial charge in [0.1, 0.15) is 6.10 Å². The van der Waals surface area contributed by atoms with E-state index in [1.807, 2.05) is 21.0 Å². The van der Waals surface area contributed by atoms with Crippen LogP contribution in [0.5, 0.6) is 0 Å². The largest absolute Gasteiger partial charge is 0.369 e. The van der Waals surface area contributed by atoms with Crippen molar-refractivity contribution in [1.29, 1.82) is 0 Å². The van der Waals surface area contributed by atoms with Crippen LogP contribution in [0.4, 0.5) is 5.95 Å². The molecular weight excluding hydrogens is 372 g/mol. The standard InChI is InChI=1S/C16H20N6O4S/c1-14(10-9-15(5-27,26-14)4-16(9,24)25-10)22-7-17-8-11(22)19-13(20-12(8)23)18-6-21(2)3/h6-7,9-10,24,27H,4-5H2,1-3H3,(H,19,20,23)/t9?,10?,14?,15-,16?/m1/s1. The van der Waals surface area contributed by atoms with Gasteiger partial charge < -0.3 is 19.5 Å². The van der Waals surface area contributed by atoms with Crippen LogP contribution in [0.3, 0.4) is 0 Å². The molecule has 0 amide bonds. The predicted octanol–water partition coefficient (Wildman–Crippen LogP) is -0.180. The number of imidazole rings is 1. The summed E-state index contributed by atoms with van der Waals surface area (Å²) < 4.78 is 13.9. The molecule has 144 valence electrons. The molecule has 10 nitrogen and oxygen atoms in total. The number of H-pyrrole nitrogens is 1. The smallest absolute Gasteiger partial charge is 0.280 e. The SMILES string of the molecule is CN(C)C=Nc1nc2c(ncn2C2(C)O[C@@]3(CS)CC4(O)OC2C43)c(=O)[nH]1. The molecule has 2 aromatic rings. The van der Waals surface area contributed by atoms with E-state index in [0.717, 1.165) is 0 Å². The quantitative estimate of drug-likeness (QED) is 0.375. The van der Waals surface area contributed by atoms with Crippen LogP contribution in [0.1, 0.15) is 13.3 Å². The molecule has 0 aromatic carbocycles. The van der Waals surface area contributed by atoms with Gasteiger partial charge in [0.15, 0.2) is 22.7 Å². The van der Waals surface area contributed by atoms with Crippen LogP contribution in [-0.2, 0) is 15.2 Å². The summed E-state index contributed by atoms with van der Waals surface area (Å²) in [5.41, 5.74) is -1.36. The van der Waals surface area contributed by atoms with Crippen molar-refractivity contribution < 1.29 is 14.6 Å². The van der Waals surface area contributed by atoms with Crippen molar-refractivity contribution in [2.75, 3.05) is 19.8 Å². The van der Waals surface area contributed by atoms with Gasteiger partial charge in [0.25, 0.3) is 5.56 Å². The number of aliphatic hydroxyl groups is 1. The Morgan fingerprint density at radius 1 is 1.59 bits per heavy atom. The number of aromatic nitrogens is 4. The lowest BCUT2D eigenvalue weighted by molar-refractivity contribution is -0.429. The fraction of sp³-hybridized carbons (Fsp3) is 0.625. The maximum absolute atomic E-state index is 12.4. The van der Waals surface area contributed by atoms with Crippen molar-refractivity contribution in [3.8, 4) is 0 Å². The van der Waals surface area contributed by atoms with Crippen LogP contribution in [0.25, 0.3) is 11.2 Å². The number of fused-ring (bicyclic) bond motifs is 1. The zero-order chi connectivity index (χ0) is 19.2. The first kappa shape index (κ1) is 17.2. The minimum atomic E-state index is -1.15. The minimum Gasteiger partial charge on any atom is -0.369 e. The van der Waals surface area contributed by atoms with Crippen molar-refractivity contribution in [2.45, 2.75) is 36.6 Å². The van der Waals surface area contributed by atoms with E-state index in [4.69, 9.17) is 9.47 Å². The van der Waals surface area contributed by atoms with Crippen molar-refractivity contribution in [3.05, 3.63) is 16.7 Å². The highest BCUT2D eigenvalue weighted by Gasteiger charge is 2.84. The van der Waals surface area contributed by atoms with Crippen molar-refractivity contribution >= 4 is 36.1 Å². The molecule has 4 heterocycles. The molecule has 0 bridgehead atoms. The number of thiol groups is 1. The highest BCUT2D eigenvalue weighted by atomic mass is 32.1. The number of hydrogen-bond acceptors (Lipinski definition) is 8. The number of ether oxygens (including phenoxy) is 2. The van der Waals surface area contributed by atoms with Gasteiger partial charge in [-0.3, -0.25) is 14.3 Å². The molecule has 3 aliphatic rings. The van der Waals surface area contributed by atoms with Crippen molar-refractivity contribution in [2.24, 2.45) is 10.9 Å². The van der Waals surface area contributed by atoms with E-state index in [9.17, 15) is 9.90 Å². The summed E-state index contributed by atoms with van der Waals surface area (Å²) in [5, 5.41) is 10.4. The number of hydrogen-bond donors (Lipinski definition) is 3. The molecule has 1 aliphatic carbocycles. The van der Waals surface area contributed by atoms with E-state index in [0.29, 0.717) is 17.8 Å². The first-order valence-corrected chi connectivity index (χ1v) is 9.25. The second-order valence-corrected chi connectivity index (χ2v) is 8.12.